The molecule has 74 valence electrons. The van der Waals surface area contributed by atoms with Crippen LogP contribution in [0.1, 0.15) is 0 Å². The van der Waals surface area contributed by atoms with Crippen LogP contribution in [0.4, 0.5) is 0 Å². The van der Waals surface area contributed by atoms with E-state index < -0.39 is 0 Å². The quantitative estimate of drug-likeness (QED) is 0.624. The average Bonchev–Trinajstić information content (AvgIpc) is 2.66. The van der Waals surface area contributed by atoms with Crippen molar-refractivity contribution < 1.29 is 0 Å². The highest BCUT2D eigenvalue weighted by molar-refractivity contribution is 5.50. The second-order valence-electron chi connectivity index (χ2n) is 4.71. The van der Waals surface area contributed by atoms with Crippen molar-refractivity contribution in [3.63, 3.8) is 0 Å². The molecule has 0 saturated carbocycles. The highest BCUT2D eigenvalue weighted by Crippen LogP contribution is 2.45. The normalized spacial score (nSPS) is 43.7. The van der Waals surface area contributed by atoms with Crippen molar-refractivity contribution in [2.75, 3.05) is 0 Å². The summed E-state index contributed by atoms with van der Waals surface area (Å²) in [5.41, 5.74) is 2.99. The fourth-order valence-electron chi connectivity index (χ4n) is 3.38. The Morgan fingerprint density at radius 1 is 0.800 bits per heavy atom. The zero-order valence-corrected chi connectivity index (χ0v) is 8.43. The molecule has 0 amide bonds. The van der Waals surface area contributed by atoms with Gasteiger partial charge in [0, 0.05) is 23.9 Å². The van der Waals surface area contributed by atoms with Crippen molar-refractivity contribution in [2.45, 2.75) is 12.1 Å². The standard InChI is InChI=1S/C14H13N/c1-3-9-7-8-10-4-2-6-12-14(10)13(9)11(5-1)15-12/h1-8,11-15H. The number of nitrogens with one attached hydrogen (secondary N) is 1. The Morgan fingerprint density at radius 3 is 1.87 bits per heavy atom. The third kappa shape index (κ3) is 0.915. The van der Waals surface area contributed by atoms with Gasteiger partial charge in [0.1, 0.15) is 0 Å². The van der Waals surface area contributed by atoms with Crippen molar-refractivity contribution in [1.82, 2.24) is 5.32 Å². The third-order valence-electron chi connectivity index (χ3n) is 4.00. The molecule has 0 spiro atoms. The fourth-order valence-corrected chi connectivity index (χ4v) is 3.38. The van der Waals surface area contributed by atoms with Crippen molar-refractivity contribution in [3.8, 4) is 0 Å². The van der Waals surface area contributed by atoms with Gasteiger partial charge in [0.05, 0.1) is 0 Å². The Labute approximate surface area is 89.6 Å². The average molecular weight is 195 g/mol. The summed E-state index contributed by atoms with van der Waals surface area (Å²) in [4.78, 5) is 0. The molecule has 0 bridgehead atoms. The van der Waals surface area contributed by atoms with Gasteiger partial charge in [-0.1, -0.05) is 48.6 Å². The van der Waals surface area contributed by atoms with Crippen LogP contribution in [-0.4, -0.2) is 12.1 Å². The van der Waals surface area contributed by atoms with Gasteiger partial charge in [-0.05, 0) is 11.1 Å². The molecule has 3 aliphatic carbocycles. The van der Waals surface area contributed by atoms with Gasteiger partial charge in [0.2, 0.25) is 0 Å². The van der Waals surface area contributed by atoms with Crippen LogP contribution in [0.3, 0.4) is 0 Å². The monoisotopic (exact) mass is 195 g/mol. The first-order chi connectivity index (χ1) is 7.43. The van der Waals surface area contributed by atoms with Crippen LogP contribution in [0.15, 0.2) is 59.8 Å². The molecule has 0 radical (unpaired) electrons. The van der Waals surface area contributed by atoms with E-state index in [9.17, 15) is 0 Å². The van der Waals surface area contributed by atoms with Crippen LogP contribution < -0.4 is 5.32 Å². The van der Waals surface area contributed by atoms with Crippen molar-refractivity contribution in [1.29, 1.82) is 0 Å². The van der Waals surface area contributed by atoms with E-state index in [1.165, 1.54) is 11.1 Å². The molecule has 1 nitrogen and oxygen atoms in total. The van der Waals surface area contributed by atoms with Crippen LogP contribution in [-0.2, 0) is 0 Å². The number of allylic oxidation sites excluding steroid dienone is 6. The molecular weight excluding hydrogens is 182 g/mol. The highest BCUT2D eigenvalue weighted by Gasteiger charge is 2.45. The lowest BCUT2D eigenvalue weighted by atomic mass is 9.71. The summed E-state index contributed by atoms with van der Waals surface area (Å²) in [6.07, 6.45) is 18.1. The summed E-state index contributed by atoms with van der Waals surface area (Å²) in [5, 5.41) is 3.70. The summed E-state index contributed by atoms with van der Waals surface area (Å²) >= 11 is 0. The maximum atomic E-state index is 3.70. The first-order valence-corrected chi connectivity index (χ1v) is 5.64. The molecule has 4 aliphatic rings. The molecule has 0 aromatic rings. The van der Waals surface area contributed by atoms with E-state index in [4.69, 9.17) is 0 Å². The maximum absolute atomic E-state index is 3.70. The molecule has 4 rings (SSSR count). The zero-order chi connectivity index (χ0) is 9.83. The Bertz CT molecular complexity index is 420. The van der Waals surface area contributed by atoms with Gasteiger partial charge in [-0.3, -0.25) is 0 Å². The number of hydrogen-bond acceptors (Lipinski definition) is 1. The lowest BCUT2D eigenvalue weighted by Crippen LogP contribution is -2.30. The van der Waals surface area contributed by atoms with E-state index in [2.05, 4.69) is 53.9 Å². The van der Waals surface area contributed by atoms with E-state index in [0.717, 1.165) is 0 Å². The SMILES string of the molecule is C1=CC2NC3C=CC=C4C=CC(=C1)C2C43. The molecule has 1 heteroatoms. The smallest absolute Gasteiger partial charge is 0.0334 e. The molecule has 4 unspecified atom stereocenters. The summed E-state index contributed by atoms with van der Waals surface area (Å²) in [6.45, 7) is 0. The lowest BCUT2D eigenvalue weighted by Gasteiger charge is -2.32. The van der Waals surface area contributed by atoms with E-state index in [1.54, 1.807) is 0 Å². The van der Waals surface area contributed by atoms with Crippen LogP contribution in [0.5, 0.6) is 0 Å². The van der Waals surface area contributed by atoms with Gasteiger partial charge in [-0.25, -0.2) is 0 Å². The molecule has 1 N–H and O–H groups in total. The number of rotatable bonds is 0. The van der Waals surface area contributed by atoms with Crippen LogP contribution in [0.25, 0.3) is 0 Å². The van der Waals surface area contributed by atoms with Crippen LogP contribution >= 0.6 is 0 Å². The summed E-state index contributed by atoms with van der Waals surface area (Å²) in [5.74, 6) is 1.34. The molecule has 1 saturated heterocycles. The number of hydrogen-bond donors (Lipinski definition) is 1. The van der Waals surface area contributed by atoms with Crippen LogP contribution in [0, 0.1) is 11.8 Å². The minimum absolute atomic E-state index is 0.538. The molecule has 1 aliphatic heterocycles. The van der Waals surface area contributed by atoms with Gasteiger partial charge in [0.15, 0.2) is 0 Å². The first-order valence-electron chi connectivity index (χ1n) is 5.64. The molecule has 1 heterocycles. The predicted octanol–water partition coefficient (Wildman–Crippen LogP) is 2.12. The molecule has 0 aromatic heterocycles. The predicted molar refractivity (Wildman–Crippen MR) is 61.3 cm³/mol. The molecular formula is C14H13N. The summed E-state index contributed by atoms with van der Waals surface area (Å²) < 4.78 is 0. The van der Waals surface area contributed by atoms with E-state index in [-0.39, 0.29) is 0 Å². The topological polar surface area (TPSA) is 12.0 Å². The lowest BCUT2D eigenvalue weighted by molar-refractivity contribution is 0.483. The van der Waals surface area contributed by atoms with E-state index in [0.29, 0.717) is 23.9 Å². The van der Waals surface area contributed by atoms with Gasteiger partial charge in [-0.15, -0.1) is 0 Å². The van der Waals surface area contributed by atoms with Gasteiger partial charge in [0.25, 0.3) is 0 Å². The maximum Gasteiger partial charge on any atom is 0.0334 e. The van der Waals surface area contributed by atoms with Crippen molar-refractivity contribution in [3.05, 3.63) is 59.8 Å². The fraction of sp³-hybridized carbons (Fsp3) is 0.286. The van der Waals surface area contributed by atoms with Gasteiger partial charge in [-0.2, -0.15) is 0 Å². The van der Waals surface area contributed by atoms with Crippen molar-refractivity contribution >= 4 is 0 Å². The molecule has 15 heavy (non-hydrogen) atoms. The van der Waals surface area contributed by atoms with Gasteiger partial charge < -0.3 is 5.32 Å². The largest absolute Gasteiger partial charge is 0.303 e. The molecule has 4 atom stereocenters. The van der Waals surface area contributed by atoms with Gasteiger partial charge >= 0.3 is 0 Å². The first kappa shape index (κ1) is 7.89. The highest BCUT2D eigenvalue weighted by atomic mass is 15.0. The minimum Gasteiger partial charge on any atom is -0.303 e. The summed E-state index contributed by atoms with van der Waals surface area (Å²) in [6, 6.07) is 1.08. The van der Waals surface area contributed by atoms with E-state index in [1.807, 2.05) is 0 Å². The minimum atomic E-state index is 0.538. The molecule has 1 fully saturated rings. The zero-order valence-electron chi connectivity index (χ0n) is 8.43. The Hall–Kier alpha value is -1.34. The Balaban J connectivity index is 1.94. The second-order valence-corrected chi connectivity index (χ2v) is 4.71. The second kappa shape index (κ2) is 2.61. The third-order valence-corrected chi connectivity index (χ3v) is 4.00. The Kier molecular flexibility index (Phi) is 1.37. The Morgan fingerprint density at radius 2 is 1.33 bits per heavy atom. The van der Waals surface area contributed by atoms with Crippen molar-refractivity contribution in [2.24, 2.45) is 11.8 Å². The molecule has 0 aromatic carbocycles. The van der Waals surface area contributed by atoms with E-state index >= 15 is 0 Å². The summed E-state index contributed by atoms with van der Waals surface area (Å²) in [7, 11) is 0. The van der Waals surface area contributed by atoms with Crippen LogP contribution in [0.2, 0.25) is 0 Å².